The molecule has 0 atom stereocenters. The summed E-state index contributed by atoms with van der Waals surface area (Å²) < 4.78 is 1.80. The molecule has 0 bridgehead atoms. The van der Waals surface area contributed by atoms with Crippen LogP contribution >= 0.6 is 0 Å². The van der Waals surface area contributed by atoms with Gasteiger partial charge in [-0.15, -0.1) is 0 Å². The average molecular weight is 186 g/mol. The minimum absolute atomic E-state index is 0.00519. The molecule has 2 aromatic heterocycles. The van der Waals surface area contributed by atoms with E-state index >= 15 is 0 Å². The minimum Gasteiger partial charge on any atom is -0.348 e. The first-order valence-corrected chi connectivity index (χ1v) is 4.35. The topological polar surface area (TPSA) is 34.9 Å². The number of carbonyl (C=O) groups excluding carboxylic acids is 1. The van der Waals surface area contributed by atoms with E-state index in [0.29, 0.717) is 11.3 Å². The van der Waals surface area contributed by atoms with E-state index in [2.05, 4.69) is 4.98 Å². The van der Waals surface area contributed by atoms with Crippen LogP contribution in [0, 0.1) is 0 Å². The van der Waals surface area contributed by atoms with Crippen LogP contribution < -0.4 is 0 Å². The van der Waals surface area contributed by atoms with Gasteiger partial charge in [0.25, 0.3) is 0 Å². The van der Waals surface area contributed by atoms with E-state index in [1.165, 1.54) is 0 Å². The summed E-state index contributed by atoms with van der Waals surface area (Å²) in [6, 6.07) is 7.18. The largest absolute Gasteiger partial charge is 0.348 e. The van der Waals surface area contributed by atoms with Gasteiger partial charge < -0.3 is 4.57 Å². The Morgan fingerprint density at radius 2 is 2.21 bits per heavy atom. The van der Waals surface area contributed by atoms with Crippen LogP contribution in [-0.4, -0.2) is 15.3 Å². The lowest BCUT2D eigenvalue weighted by molar-refractivity contribution is 0.103. The molecule has 0 aliphatic heterocycles. The van der Waals surface area contributed by atoms with Gasteiger partial charge >= 0.3 is 0 Å². The fourth-order valence-electron chi connectivity index (χ4n) is 1.34. The van der Waals surface area contributed by atoms with Gasteiger partial charge in [0.05, 0.1) is 5.69 Å². The summed E-state index contributed by atoms with van der Waals surface area (Å²) in [5, 5.41) is 0. The number of aromatic nitrogens is 2. The number of pyridine rings is 1. The van der Waals surface area contributed by atoms with Gasteiger partial charge in [-0.05, 0) is 24.3 Å². The van der Waals surface area contributed by atoms with Gasteiger partial charge in [-0.1, -0.05) is 0 Å². The number of nitrogens with zero attached hydrogens (tertiary/aromatic N) is 2. The first-order chi connectivity index (χ1) is 6.79. The van der Waals surface area contributed by atoms with E-state index in [0.717, 1.165) is 0 Å². The van der Waals surface area contributed by atoms with E-state index in [4.69, 9.17) is 0 Å². The number of hydrogen-bond acceptors (Lipinski definition) is 2. The Bertz CT molecular complexity index is 445. The first-order valence-electron chi connectivity index (χ1n) is 4.35. The maximum absolute atomic E-state index is 11.9. The number of carbonyl (C=O) groups is 1. The third-order valence-corrected chi connectivity index (χ3v) is 2.10. The summed E-state index contributed by atoms with van der Waals surface area (Å²) in [7, 11) is 1.85. The van der Waals surface area contributed by atoms with Crippen LogP contribution in [0.15, 0.2) is 42.9 Å². The maximum Gasteiger partial charge on any atom is 0.210 e. The zero-order valence-electron chi connectivity index (χ0n) is 7.84. The molecular weight excluding hydrogens is 176 g/mol. The van der Waals surface area contributed by atoms with Crippen LogP contribution in [0.5, 0.6) is 0 Å². The molecule has 0 spiro atoms. The Morgan fingerprint density at radius 3 is 2.79 bits per heavy atom. The van der Waals surface area contributed by atoms with Crippen molar-refractivity contribution in [1.82, 2.24) is 9.55 Å². The molecule has 2 aromatic rings. The molecule has 0 aliphatic carbocycles. The smallest absolute Gasteiger partial charge is 0.210 e. The lowest BCUT2D eigenvalue weighted by atomic mass is 10.1. The van der Waals surface area contributed by atoms with Crippen molar-refractivity contribution in [1.29, 1.82) is 0 Å². The molecule has 0 aliphatic rings. The molecule has 14 heavy (non-hydrogen) atoms. The van der Waals surface area contributed by atoms with Gasteiger partial charge in [0.15, 0.2) is 0 Å². The molecule has 3 nitrogen and oxygen atoms in total. The summed E-state index contributed by atoms with van der Waals surface area (Å²) in [5.41, 5.74) is 1.30. The van der Waals surface area contributed by atoms with Crippen molar-refractivity contribution in [2.24, 2.45) is 7.05 Å². The zero-order valence-corrected chi connectivity index (χ0v) is 7.84. The lowest BCUT2D eigenvalue weighted by Gasteiger charge is -2.01. The van der Waals surface area contributed by atoms with Crippen LogP contribution in [0.1, 0.15) is 16.1 Å². The average Bonchev–Trinajstić information content (AvgIpc) is 2.65. The highest BCUT2D eigenvalue weighted by Gasteiger charge is 2.10. The Balaban J connectivity index is 2.39. The molecule has 3 heteroatoms. The fraction of sp³-hybridized carbons (Fsp3) is 0.0909. The van der Waals surface area contributed by atoms with Crippen molar-refractivity contribution in [2.45, 2.75) is 0 Å². The summed E-state index contributed by atoms with van der Waals surface area (Å²) >= 11 is 0. The van der Waals surface area contributed by atoms with Crippen molar-refractivity contribution in [3.63, 3.8) is 0 Å². The predicted molar refractivity (Wildman–Crippen MR) is 53.1 cm³/mol. The molecular formula is C11H10N2O. The molecule has 0 aromatic carbocycles. The summed E-state index contributed by atoms with van der Waals surface area (Å²) in [6.45, 7) is 0. The zero-order chi connectivity index (χ0) is 9.97. The highest BCUT2D eigenvalue weighted by atomic mass is 16.1. The van der Waals surface area contributed by atoms with Crippen molar-refractivity contribution in [3.8, 4) is 0 Å². The summed E-state index contributed by atoms with van der Waals surface area (Å²) in [6.07, 6.45) is 5.08. The summed E-state index contributed by atoms with van der Waals surface area (Å²) in [5.74, 6) is 0.00519. The second kappa shape index (κ2) is 3.46. The quantitative estimate of drug-likeness (QED) is 0.668. The van der Waals surface area contributed by atoms with Crippen LogP contribution in [-0.2, 0) is 7.05 Å². The van der Waals surface area contributed by atoms with E-state index < -0.39 is 0 Å². The second-order valence-corrected chi connectivity index (χ2v) is 3.08. The third kappa shape index (κ3) is 1.44. The Hall–Kier alpha value is -1.90. The van der Waals surface area contributed by atoms with Crippen LogP contribution in [0.25, 0.3) is 0 Å². The van der Waals surface area contributed by atoms with Gasteiger partial charge in [-0.2, -0.15) is 0 Å². The van der Waals surface area contributed by atoms with Gasteiger partial charge in [0.1, 0.15) is 0 Å². The SMILES string of the molecule is Cn1cccc1C(=O)c1cccnc1. The van der Waals surface area contributed by atoms with E-state index in [1.54, 1.807) is 35.2 Å². The van der Waals surface area contributed by atoms with Gasteiger partial charge in [-0.3, -0.25) is 9.78 Å². The maximum atomic E-state index is 11.9. The summed E-state index contributed by atoms with van der Waals surface area (Å²) in [4.78, 5) is 15.8. The van der Waals surface area contributed by atoms with Crippen LogP contribution in [0.4, 0.5) is 0 Å². The number of aryl methyl sites for hydroxylation is 1. The fourth-order valence-corrected chi connectivity index (χ4v) is 1.34. The number of rotatable bonds is 2. The molecule has 0 radical (unpaired) electrons. The van der Waals surface area contributed by atoms with Crippen molar-refractivity contribution >= 4 is 5.78 Å². The molecule has 0 saturated carbocycles. The monoisotopic (exact) mass is 186 g/mol. The van der Waals surface area contributed by atoms with Gasteiger partial charge in [0, 0.05) is 31.2 Å². The molecule has 2 heterocycles. The third-order valence-electron chi connectivity index (χ3n) is 2.10. The Labute approximate surface area is 82.0 Å². The van der Waals surface area contributed by atoms with Crippen molar-refractivity contribution in [3.05, 3.63) is 54.1 Å². The minimum atomic E-state index is 0.00519. The van der Waals surface area contributed by atoms with Crippen molar-refractivity contribution in [2.75, 3.05) is 0 Å². The highest BCUT2D eigenvalue weighted by molar-refractivity contribution is 6.07. The molecule has 0 amide bonds. The number of hydrogen-bond donors (Lipinski definition) is 0. The van der Waals surface area contributed by atoms with Crippen molar-refractivity contribution < 1.29 is 4.79 Å². The van der Waals surface area contributed by atoms with E-state index in [1.807, 2.05) is 19.3 Å². The molecule has 2 rings (SSSR count). The Kier molecular flexibility index (Phi) is 2.14. The Morgan fingerprint density at radius 1 is 1.36 bits per heavy atom. The molecule has 0 fully saturated rings. The van der Waals surface area contributed by atoms with Gasteiger partial charge in [0.2, 0.25) is 5.78 Å². The van der Waals surface area contributed by atoms with Crippen LogP contribution in [0.2, 0.25) is 0 Å². The van der Waals surface area contributed by atoms with Crippen LogP contribution in [0.3, 0.4) is 0 Å². The van der Waals surface area contributed by atoms with E-state index in [-0.39, 0.29) is 5.78 Å². The molecule has 0 saturated heterocycles. The predicted octanol–water partition coefficient (Wildman–Crippen LogP) is 1.65. The normalized spacial score (nSPS) is 10.1. The lowest BCUT2D eigenvalue weighted by Crippen LogP contribution is -2.06. The molecule has 0 N–H and O–H groups in total. The van der Waals surface area contributed by atoms with E-state index in [9.17, 15) is 4.79 Å². The highest BCUT2D eigenvalue weighted by Crippen LogP contribution is 2.07. The second-order valence-electron chi connectivity index (χ2n) is 3.08. The van der Waals surface area contributed by atoms with Gasteiger partial charge in [-0.25, -0.2) is 0 Å². The number of ketones is 1. The standard InChI is InChI=1S/C11H10N2O/c1-13-7-3-5-10(13)11(14)9-4-2-6-12-8-9/h2-8H,1H3. The molecule has 0 unspecified atom stereocenters. The first kappa shape index (κ1) is 8.69. The molecule has 70 valence electrons.